The van der Waals surface area contributed by atoms with Gasteiger partial charge in [0.25, 0.3) is 0 Å². The molecule has 0 saturated carbocycles. The molecule has 1 heterocycles. The minimum atomic E-state index is -1.66. The number of para-hydroxylation sites is 1. The Morgan fingerprint density at radius 2 is 1.87 bits per heavy atom. The van der Waals surface area contributed by atoms with Crippen molar-refractivity contribution in [2.75, 3.05) is 6.61 Å². The van der Waals surface area contributed by atoms with Crippen LogP contribution in [0.15, 0.2) is 30.3 Å². The van der Waals surface area contributed by atoms with Crippen LogP contribution < -0.4 is 0 Å². The molecule has 0 spiro atoms. The summed E-state index contributed by atoms with van der Waals surface area (Å²) >= 11 is 0. The van der Waals surface area contributed by atoms with Gasteiger partial charge in [0, 0.05) is 11.6 Å². The number of esters is 1. The van der Waals surface area contributed by atoms with Crippen molar-refractivity contribution in [3.8, 4) is 5.75 Å². The van der Waals surface area contributed by atoms with E-state index in [2.05, 4.69) is 0 Å². The van der Waals surface area contributed by atoms with Crippen molar-refractivity contribution in [3.63, 3.8) is 0 Å². The highest BCUT2D eigenvalue weighted by molar-refractivity contribution is 5.87. The maximum absolute atomic E-state index is 11.7. The number of hydrogen-bond acceptors (Lipinski definition) is 8. The number of aromatic hydroxyl groups is 1. The second-order valence-corrected chi connectivity index (χ2v) is 5.03. The lowest BCUT2D eigenvalue weighted by Gasteiger charge is -2.38. The molecule has 1 saturated heterocycles. The standard InChI is InChI=1S/C15H18O8/c16-7-10-12(19)13(20)14(21)15(22-10)23-11(18)6-5-8-3-1-2-4-9(8)17/h1-6,10,12-17,19-21H,7H2/b6-5+/t10-,12-,13+,14-,15+/m1/s1. The third-order valence-electron chi connectivity index (χ3n) is 3.42. The molecule has 0 amide bonds. The van der Waals surface area contributed by atoms with E-state index < -0.39 is 43.3 Å². The smallest absolute Gasteiger partial charge is 0.333 e. The number of hydrogen-bond donors (Lipinski definition) is 5. The SMILES string of the molecule is O=C(/C=C/c1ccccc1O)O[C@@H]1O[C@H](CO)[C@@H](O)[C@H](O)[C@H]1O. The highest BCUT2D eigenvalue weighted by Crippen LogP contribution is 2.22. The summed E-state index contributed by atoms with van der Waals surface area (Å²) in [5, 5.41) is 47.5. The maximum atomic E-state index is 11.7. The van der Waals surface area contributed by atoms with E-state index in [4.69, 9.17) is 14.6 Å². The number of benzene rings is 1. The molecule has 1 aromatic carbocycles. The van der Waals surface area contributed by atoms with Gasteiger partial charge in [-0.05, 0) is 12.1 Å². The summed E-state index contributed by atoms with van der Waals surface area (Å²) in [7, 11) is 0. The predicted octanol–water partition coefficient (Wildman–Crippen LogP) is -1.25. The van der Waals surface area contributed by atoms with Crippen molar-refractivity contribution in [2.24, 2.45) is 0 Å². The number of rotatable bonds is 4. The van der Waals surface area contributed by atoms with Crippen LogP contribution in [0.5, 0.6) is 5.75 Å². The van der Waals surface area contributed by atoms with Crippen LogP contribution in [0.25, 0.3) is 6.08 Å². The number of phenolic OH excluding ortho intramolecular Hbond substituents is 1. The molecule has 0 aromatic heterocycles. The molecule has 126 valence electrons. The second-order valence-electron chi connectivity index (χ2n) is 5.03. The Morgan fingerprint density at radius 1 is 1.17 bits per heavy atom. The summed E-state index contributed by atoms with van der Waals surface area (Å²) in [5.74, 6) is -0.915. The van der Waals surface area contributed by atoms with Gasteiger partial charge in [0.05, 0.1) is 6.61 Å². The molecule has 8 heteroatoms. The van der Waals surface area contributed by atoms with Crippen LogP contribution in [0.4, 0.5) is 0 Å². The van der Waals surface area contributed by atoms with Gasteiger partial charge in [-0.1, -0.05) is 18.2 Å². The Hall–Kier alpha value is -1.97. The van der Waals surface area contributed by atoms with E-state index in [9.17, 15) is 25.2 Å². The molecule has 8 nitrogen and oxygen atoms in total. The Kier molecular flexibility index (Phi) is 5.69. The number of ether oxygens (including phenoxy) is 2. The van der Waals surface area contributed by atoms with Gasteiger partial charge in [-0.15, -0.1) is 0 Å². The summed E-state index contributed by atoms with van der Waals surface area (Å²) in [5.41, 5.74) is 0.387. The molecule has 0 unspecified atom stereocenters. The molecule has 0 radical (unpaired) electrons. The summed E-state index contributed by atoms with van der Waals surface area (Å²) in [6.07, 6.45) is -5.18. The molecule has 2 rings (SSSR count). The zero-order valence-electron chi connectivity index (χ0n) is 12.0. The summed E-state index contributed by atoms with van der Waals surface area (Å²) < 4.78 is 9.89. The molecule has 0 bridgehead atoms. The third-order valence-corrected chi connectivity index (χ3v) is 3.42. The van der Waals surface area contributed by atoms with Gasteiger partial charge in [0.2, 0.25) is 6.29 Å². The predicted molar refractivity (Wildman–Crippen MR) is 77.0 cm³/mol. The number of carbonyl (C=O) groups excluding carboxylic acids is 1. The van der Waals surface area contributed by atoms with Gasteiger partial charge in [-0.2, -0.15) is 0 Å². The van der Waals surface area contributed by atoms with E-state index in [-0.39, 0.29) is 5.75 Å². The van der Waals surface area contributed by atoms with Gasteiger partial charge >= 0.3 is 5.97 Å². The molecular weight excluding hydrogens is 308 g/mol. The maximum Gasteiger partial charge on any atom is 0.333 e. The Bertz CT molecular complexity index is 570. The molecule has 1 aliphatic rings. The first kappa shape index (κ1) is 17.4. The van der Waals surface area contributed by atoms with Crippen molar-refractivity contribution in [1.29, 1.82) is 0 Å². The summed E-state index contributed by atoms with van der Waals surface area (Å²) in [4.78, 5) is 11.7. The van der Waals surface area contributed by atoms with Crippen LogP contribution in [0.1, 0.15) is 5.56 Å². The molecule has 23 heavy (non-hydrogen) atoms. The van der Waals surface area contributed by atoms with Crippen LogP contribution >= 0.6 is 0 Å². The minimum Gasteiger partial charge on any atom is -0.507 e. The lowest BCUT2D eigenvalue weighted by molar-refractivity contribution is -0.291. The third kappa shape index (κ3) is 4.06. The average Bonchev–Trinajstić information content (AvgIpc) is 2.54. The van der Waals surface area contributed by atoms with Crippen molar-refractivity contribution in [3.05, 3.63) is 35.9 Å². The minimum absolute atomic E-state index is 0.0237. The zero-order valence-corrected chi connectivity index (χ0v) is 12.0. The van der Waals surface area contributed by atoms with Gasteiger partial charge in [-0.25, -0.2) is 4.79 Å². The first-order chi connectivity index (χ1) is 10.9. The van der Waals surface area contributed by atoms with Crippen LogP contribution in [0.2, 0.25) is 0 Å². The Balaban J connectivity index is 2.00. The number of phenols is 1. The van der Waals surface area contributed by atoms with Crippen molar-refractivity contribution >= 4 is 12.0 Å². The first-order valence-electron chi connectivity index (χ1n) is 6.91. The lowest BCUT2D eigenvalue weighted by atomic mass is 9.99. The number of carbonyl (C=O) groups is 1. The first-order valence-corrected chi connectivity index (χ1v) is 6.91. The van der Waals surface area contributed by atoms with Crippen LogP contribution in [-0.2, 0) is 14.3 Å². The van der Waals surface area contributed by atoms with Crippen molar-refractivity contribution in [1.82, 2.24) is 0 Å². The monoisotopic (exact) mass is 326 g/mol. The molecular formula is C15H18O8. The van der Waals surface area contributed by atoms with E-state index in [1.165, 1.54) is 12.1 Å². The fourth-order valence-electron chi connectivity index (χ4n) is 2.10. The topological polar surface area (TPSA) is 137 Å². The Morgan fingerprint density at radius 3 is 2.52 bits per heavy atom. The average molecular weight is 326 g/mol. The normalized spacial score (nSPS) is 31.2. The second kappa shape index (κ2) is 7.53. The Labute approximate surface area is 131 Å². The van der Waals surface area contributed by atoms with Crippen LogP contribution in [0.3, 0.4) is 0 Å². The van der Waals surface area contributed by atoms with E-state index >= 15 is 0 Å². The highest BCUT2D eigenvalue weighted by atomic mass is 16.7. The molecule has 1 aromatic rings. The summed E-state index contributed by atoms with van der Waals surface area (Å²) in [6, 6.07) is 6.32. The van der Waals surface area contributed by atoms with Crippen LogP contribution in [-0.4, -0.2) is 68.8 Å². The molecule has 0 aliphatic carbocycles. The largest absolute Gasteiger partial charge is 0.507 e. The molecule has 1 fully saturated rings. The van der Waals surface area contributed by atoms with Crippen molar-refractivity contribution in [2.45, 2.75) is 30.7 Å². The van der Waals surface area contributed by atoms with Gasteiger partial charge < -0.3 is 35.0 Å². The fourth-order valence-corrected chi connectivity index (χ4v) is 2.10. The van der Waals surface area contributed by atoms with E-state index in [1.807, 2.05) is 0 Å². The fraction of sp³-hybridized carbons (Fsp3) is 0.400. The molecule has 5 atom stereocenters. The zero-order chi connectivity index (χ0) is 17.0. The van der Waals surface area contributed by atoms with Crippen LogP contribution in [0, 0.1) is 0 Å². The van der Waals surface area contributed by atoms with Gasteiger partial charge in [0.1, 0.15) is 30.2 Å². The number of aliphatic hydroxyl groups is 4. The summed E-state index contributed by atoms with van der Waals surface area (Å²) in [6.45, 7) is -0.618. The van der Waals surface area contributed by atoms with E-state index in [0.29, 0.717) is 5.56 Å². The quantitative estimate of drug-likeness (QED) is 0.342. The molecule has 1 aliphatic heterocycles. The number of aliphatic hydroxyl groups excluding tert-OH is 4. The van der Waals surface area contributed by atoms with E-state index in [0.717, 1.165) is 6.08 Å². The lowest BCUT2D eigenvalue weighted by Crippen LogP contribution is -2.59. The van der Waals surface area contributed by atoms with Crippen molar-refractivity contribution < 1.29 is 39.8 Å². The van der Waals surface area contributed by atoms with Gasteiger partial charge in [-0.3, -0.25) is 0 Å². The van der Waals surface area contributed by atoms with Gasteiger partial charge in [0.15, 0.2) is 0 Å². The highest BCUT2D eigenvalue weighted by Gasteiger charge is 2.45. The molecule has 5 N–H and O–H groups in total. The van der Waals surface area contributed by atoms with E-state index in [1.54, 1.807) is 18.2 Å².